The van der Waals surface area contributed by atoms with Crippen molar-refractivity contribution in [1.82, 2.24) is 0 Å². The van der Waals surface area contributed by atoms with Gasteiger partial charge in [-0.05, 0) is 44.2 Å². The molecule has 2 aromatic rings. The molecule has 0 aromatic heterocycles. The molecule has 0 saturated heterocycles. The van der Waals surface area contributed by atoms with Gasteiger partial charge in [0.05, 0.1) is 5.69 Å². The van der Waals surface area contributed by atoms with Gasteiger partial charge in [-0.25, -0.2) is 0 Å². The summed E-state index contributed by atoms with van der Waals surface area (Å²) in [4.78, 5) is 26.4. The van der Waals surface area contributed by atoms with Gasteiger partial charge in [-0.1, -0.05) is 23.8 Å². The average Bonchev–Trinajstić information content (AvgIpc) is 2.59. The van der Waals surface area contributed by atoms with E-state index >= 15 is 0 Å². The molecular formula is C20H20N2O3. The number of hydrogen-bond acceptors (Lipinski definition) is 3. The zero-order valence-corrected chi connectivity index (χ0v) is 14.3. The Kier molecular flexibility index (Phi) is 4.57. The Balaban J connectivity index is 1.88. The first-order valence-electron chi connectivity index (χ1n) is 8.10. The number of fused-ring (bicyclic) bond motifs is 1. The van der Waals surface area contributed by atoms with Gasteiger partial charge >= 0.3 is 0 Å². The molecule has 0 radical (unpaired) electrons. The first kappa shape index (κ1) is 16.8. The molecule has 128 valence electrons. The number of anilines is 2. The number of nitrogens with zero attached hydrogens (tertiary/aromatic N) is 1. The molecule has 5 heteroatoms. The summed E-state index contributed by atoms with van der Waals surface area (Å²) in [5, 5.41) is 2.87. The summed E-state index contributed by atoms with van der Waals surface area (Å²) >= 11 is 0. The maximum Gasteiger partial charge on any atom is 0.268 e. The number of rotatable bonds is 4. The molecule has 2 aromatic carbocycles. The van der Waals surface area contributed by atoms with Gasteiger partial charge in [-0.3, -0.25) is 9.59 Å². The van der Waals surface area contributed by atoms with Crippen molar-refractivity contribution in [3.8, 4) is 5.75 Å². The van der Waals surface area contributed by atoms with E-state index in [1.165, 1.54) is 0 Å². The SMILES string of the molecule is C=CCN1C(=O)C(C)Oc2ccc(NC(=O)c3cccc(C)c3)cc21. The van der Waals surface area contributed by atoms with Crippen molar-refractivity contribution < 1.29 is 14.3 Å². The Morgan fingerprint density at radius 2 is 2.12 bits per heavy atom. The van der Waals surface area contributed by atoms with Crippen LogP contribution >= 0.6 is 0 Å². The van der Waals surface area contributed by atoms with Crippen molar-refractivity contribution in [2.75, 3.05) is 16.8 Å². The average molecular weight is 336 g/mol. The molecule has 5 nitrogen and oxygen atoms in total. The van der Waals surface area contributed by atoms with Crippen LogP contribution in [0.25, 0.3) is 0 Å². The molecule has 0 bridgehead atoms. The zero-order chi connectivity index (χ0) is 18.0. The highest BCUT2D eigenvalue weighted by atomic mass is 16.5. The third-order valence-corrected chi connectivity index (χ3v) is 4.02. The summed E-state index contributed by atoms with van der Waals surface area (Å²) in [6, 6.07) is 12.6. The van der Waals surface area contributed by atoms with E-state index in [0.29, 0.717) is 29.2 Å². The monoisotopic (exact) mass is 336 g/mol. The third-order valence-electron chi connectivity index (χ3n) is 4.02. The fraction of sp³-hybridized carbons (Fsp3) is 0.200. The molecule has 1 heterocycles. The summed E-state index contributed by atoms with van der Waals surface area (Å²) < 4.78 is 5.64. The summed E-state index contributed by atoms with van der Waals surface area (Å²) in [5.74, 6) is 0.285. The van der Waals surface area contributed by atoms with E-state index in [9.17, 15) is 9.59 Å². The highest BCUT2D eigenvalue weighted by Crippen LogP contribution is 2.36. The Morgan fingerprint density at radius 1 is 1.32 bits per heavy atom. The van der Waals surface area contributed by atoms with Gasteiger partial charge in [0.1, 0.15) is 5.75 Å². The van der Waals surface area contributed by atoms with Gasteiger partial charge in [0.15, 0.2) is 6.10 Å². The van der Waals surface area contributed by atoms with Crippen molar-refractivity contribution in [3.63, 3.8) is 0 Å². The van der Waals surface area contributed by atoms with E-state index in [1.807, 2.05) is 25.1 Å². The first-order valence-corrected chi connectivity index (χ1v) is 8.10. The minimum absolute atomic E-state index is 0.130. The van der Waals surface area contributed by atoms with Crippen LogP contribution in [0.3, 0.4) is 0 Å². The molecule has 0 aliphatic carbocycles. The fourth-order valence-electron chi connectivity index (χ4n) is 2.79. The fourth-order valence-corrected chi connectivity index (χ4v) is 2.79. The molecule has 1 N–H and O–H groups in total. The summed E-state index contributed by atoms with van der Waals surface area (Å²) in [6.45, 7) is 7.74. The summed E-state index contributed by atoms with van der Waals surface area (Å²) in [6.07, 6.45) is 1.12. The quantitative estimate of drug-likeness (QED) is 0.869. The smallest absolute Gasteiger partial charge is 0.268 e. The molecule has 0 fully saturated rings. The standard InChI is InChI=1S/C20H20N2O3/c1-4-10-22-17-12-16(8-9-18(17)25-14(3)20(22)24)21-19(23)15-7-5-6-13(2)11-15/h4-9,11-12,14H,1,10H2,2-3H3,(H,21,23). The van der Waals surface area contributed by atoms with Gasteiger partial charge in [0.2, 0.25) is 0 Å². The Morgan fingerprint density at radius 3 is 2.84 bits per heavy atom. The van der Waals surface area contributed by atoms with Gasteiger partial charge < -0.3 is 15.0 Å². The Labute approximate surface area is 146 Å². The van der Waals surface area contributed by atoms with E-state index in [0.717, 1.165) is 5.56 Å². The number of carbonyl (C=O) groups excluding carboxylic acids is 2. The minimum atomic E-state index is -0.541. The largest absolute Gasteiger partial charge is 0.479 e. The number of aryl methyl sites for hydroxylation is 1. The van der Waals surface area contributed by atoms with Crippen LogP contribution in [0, 0.1) is 6.92 Å². The number of ether oxygens (including phenoxy) is 1. The molecule has 0 spiro atoms. The van der Waals surface area contributed by atoms with Crippen LogP contribution in [-0.4, -0.2) is 24.5 Å². The number of hydrogen-bond donors (Lipinski definition) is 1. The number of nitrogens with one attached hydrogen (secondary N) is 1. The maximum atomic E-state index is 12.4. The predicted molar refractivity (Wildman–Crippen MR) is 98.2 cm³/mol. The van der Waals surface area contributed by atoms with Crippen molar-refractivity contribution in [2.24, 2.45) is 0 Å². The van der Waals surface area contributed by atoms with Crippen LogP contribution < -0.4 is 15.0 Å². The molecular weight excluding hydrogens is 316 g/mol. The zero-order valence-electron chi connectivity index (χ0n) is 14.3. The van der Waals surface area contributed by atoms with E-state index in [1.54, 1.807) is 42.2 Å². The van der Waals surface area contributed by atoms with Crippen LogP contribution in [0.5, 0.6) is 5.75 Å². The van der Waals surface area contributed by atoms with Gasteiger partial charge in [0, 0.05) is 17.8 Å². The second-order valence-electron chi connectivity index (χ2n) is 6.00. The summed E-state index contributed by atoms with van der Waals surface area (Å²) in [7, 11) is 0. The van der Waals surface area contributed by atoms with Crippen molar-refractivity contribution in [3.05, 3.63) is 66.2 Å². The molecule has 3 rings (SSSR count). The van der Waals surface area contributed by atoms with E-state index in [4.69, 9.17) is 4.74 Å². The molecule has 1 atom stereocenters. The van der Waals surface area contributed by atoms with E-state index in [2.05, 4.69) is 11.9 Å². The second kappa shape index (κ2) is 6.81. The molecule has 2 amide bonds. The maximum absolute atomic E-state index is 12.4. The topological polar surface area (TPSA) is 58.6 Å². The number of benzene rings is 2. The van der Waals surface area contributed by atoms with Crippen molar-refractivity contribution in [2.45, 2.75) is 20.0 Å². The Bertz CT molecular complexity index is 845. The lowest BCUT2D eigenvalue weighted by molar-refractivity contribution is -0.125. The van der Waals surface area contributed by atoms with Crippen molar-refractivity contribution in [1.29, 1.82) is 0 Å². The molecule has 1 aliphatic rings. The van der Waals surface area contributed by atoms with Crippen LogP contribution in [0.1, 0.15) is 22.8 Å². The van der Waals surface area contributed by atoms with E-state index in [-0.39, 0.29) is 11.8 Å². The number of amides is 2. The van der Waals surface area contributed by atoms with Gasteiger partial charge in [-0.15, -0.1) is 6.58 Å². The number of carbonyl (C=O) groups is 2. The van der Waals surface area contributed by atoms with Crippen molar-refractivity contribution >= 4 is 23.2 Å². The lowest BCUT2D eigenvalue weighted by Crippen LogP contribution is -2.44. The second-order valence-corrected chi connectivity index (χ2v) is 6.00. The van der Waals surface area contributed by atoms with Gasteiger partial charge in [-0.2, -0.15) is 0 Å². The highest BCUT2D eigenvalue weighted by Gasteiger charge is 2.31. The molecule has 1 aliphatic heterocycles. The van der Waals surface area contributed by atoms with Gasteiger partial charge in [0.25, 0.3) is 11.8 Å². The van der Waals surface area contributed by atoms with Crippen LogP contribution in [0.15, 0.2) is 55.1 Å². The lowest BCUT2D eigenvalue weighted by Gasteiger charge is -2.32. The summed E-state index contributed by atoms with van der Waals surface area (Å²) in [5.41, 5.74) is 2.83. The molecule has 1 unspecified atom stereocenters. The lowest BCUT2D eigenvalue weighted by atomic mass is 10.1. The first-order chi connectivity index (χ1) is 12.0. The van der Waals surface area contributed by atoms with Crippen LogP contribution in [0.2, 0.25) is 0 Å². The van der Waals surface area contributed by atoms with Crippen LogP contribution in [-0.2, 0) is 4.79 Å². The Hall–Kier alpha value is -3.08. The molecule has 25 heavy (non-hydrogen) atoms. The van der Waals surface area contributed by atoms with Crippen LogP contribution in [0.4, 0.5) is 11.4 Å². The highest BCUT2D eigenvalue weighted by molar-refractivity contribution is 6.05. The normalized spacial score (nSPS) is 16.0. The third kappa shape index (κ3) is 3.40. The predicted octanol–water partition coefficient (Wildman–Crippen LogP) is 3.55. The minimum Gasteiger partial charge on any atom is -0.479 e. The molecule has 0 saturated carbocycles. The van der Waals surface area contributed by atoms with E-state index < -0.39 is 6.10 Å².